The molecule has 1 unspecified atom stereocenters. The van der Waals surface area contributed by atoms with E-state index in [1.807, 2.05) is 4.90 Å². The fourth-order valence-corrected chi connectivity index (χ4v) is 3.95. The van der Waals surface area contributed by atoms with Crippen molar-refractivity contribution in [1.82, 2.24) is 15.1 Å². The van der Waals surface area contributed by atoms with Gasteiger partial charge in [0.05, 0.1) is 5.92 Å². The molecule has 4 rings (SSSR count). The van der Waals surface area contributed by atoms with Crippen LogP contribution in [0.2, 0.25) is 0 Å². The zero-order valence-corrected chi connectivity index (χ0v) is 15.6. The normalized spacial score (nSPS) is 23.3. The summed E-state index contributed by atoms with van der Waals surface area (Å²) >= 11 is 0. The molecule has 2 aliphatic heterocycles. The van der Waals surface area contributed by atoms with Gasteiger partial charge in [-0.05, 0) is 49.9 Å². The van der Waals surface area contributed by atoms with Gasteiger partial charge < -0.3 is 20.0 Å². The number of piperazine rings is 1. The summed E-state index contributed by atoms with van der Waals surface area (Å²) in [5.74, 6) is -0.168. The first-order valence-electron chi connectivity index (χ1n) is 9.95. The van der Waals surface area contributed by atoms with E-state index in [-0.39, 0.29) is 23.7 Å². The maximum Gasteiger partial charge on any atom is 0.317 e. The molecule has 3 aliphatic rings. The number of carbonyl (C=O) groups is 2. The average molecular weight is 374 g/mol. The van der Waals surface area contributed by atoms with E-state index in [0.717, 1.165) is 51.0 Å². The Bertz CT molecular complexity index is 684. The van der Waals surface area contributed by atoms with Gasteiger partial charge in [-0.25, -0.2) is 9.18 Å². The molecule has 1 saturated carbocycles. The maximum absolute atomic E-state index is 13.1. The zero-order valence-electron chi connectivity index (χ0n) is 15.6. The Balaban J connectivity index is 1.29. The van der Waals surface area contributed by atoms with Crippen molar-refractivity contribution >= 4 is 17.6 Å². The first kappa shape index (κ1) is 18.1. The summed E-state index contributed by atoms with van der Waals surface area (Å²) in [4.78, 5) is 31.1. The first-order chi connectivity index (χ1) is 13.1. The van der Waals surface area contributed by atoms with Gasteiger partial charge in [0, 0.05) is 51.0 Å². The van der Waals surface area contributed by atoms with Crippen LogP contribution in [-0.4, -0.2) is 67.0 Å². The summed E-state index contributed by atoms with van der Waals surface area (Å²) in [5.41, 5.74) is 0.990. The largest absolute Gasteiger partial charge is 0.368 e. The topological polar surface area (TPSA) is 55.9 Å². The van der Waals surface area contributed by atoms with Crippen LogP contribution in [0.1, 0.15) is 25.7 Å². The average Bonchev–Trinajstić information content (AvgIpc) is 3.52. The summed E-state index contributed by atoms with van der Waals surface area (Å²) in [5, 5.41) is 3.02. The minimum Gasteiger partial charge on any atom is -0.368 e. The van der Waals surface area contributed by atoms with Crippen molar-refractivity contribution < 1.29 is 14.0 Å². The standard InChI is InChI=1S/C20H27FN4O2/c21-16-3-7-18(8-4-16)23-10-12-24(13-11-23)19(26)15-2-1-9-25(14-15)20(27)22-17-5-6-17/h3-4,7-8,15,17H,1-2,5-6,9-14H2,(H,22,27). The predicted molar refractivity (Wildman–Crippen MR) is 101 cm³/mol. The van der Waals surface area contributed by atoms with Gasteiger partial charge in [-0.15, -0.1) is 0 Å². The number of anilines is 1. The highest BCUT2D eigenvalue weighted by molar-refractivity contribution is 5.81. The lowest BCUT2D eigenvalue weighted by Gasteiger charge is -2.39. The van der Waals surface area contributed by atoms with E-state index in [9.17, 15) is 14.0 Å². The van der Waals surface area contributed by atoms with Crippen molar-refractivity contribution in [2.75, 3.05) is 44.2 Å². The van der Waals surface area contributed by atoms with Crippen LogP contribution in [-0.2, 0) is 4.79 Å². The Labute approximate surface area is 159 Å². The van der Waals surface area contributed by atoms with Crippen molar-refractivity contribution in [2.45, 2.75) is 31.7 Å². The number of urea groups is 1. The van der Waals surface area contributed by atoms with Gasteiger partial charge in [-0.3, -0.25) is 4.79 Å². The van der Waals surface area contributed by atoms with Crippen LogP contribution in [0.25, 0.3) is 0 Å². The van der Waals surface area contributed by atoms with Crippen LogP contribution >= 0.6 is 0 Å². The Hall–Kier alpha value is -2.31. The number of hydrogen-bond acceptors (Lipinski definition) is 3. The number of piperidine rings is 1. The van der Waals surface area contributed by atoms with E-state index in [1.54, 1.807) is 17.0 Å². The van der Waals surface area contributed by atoms with Crippen molar-refractivity contribution in [2.24, 2.45) is 5.92 Å². The monoisotopic (exact) mass is 374 g/mol. The van der Waals surface area contributed by atoms with Crippen LogP contribution in [0, 0.1) is 11.7 Å². The second kappa shape index (κ2) is 7.74. The van der Waals surface area contributed by atoms with Crippen molar-refractivity contribution in [3.05, 3.63) is 30.1 Å². The molecule has 0 aromatic heterocycles. The molecule has 2 heterocycles. The number of benzene rings is 1. The summed E-state index contributed by atoms with van der Waals surface area (Å²) < 4.78 is 13.1. The van der Waals surface area contributed by atoms with E-state index in [4.69, 9.17) is 0 Å². The minimum absolute atomic E-state index is 0.0175. The molecule has 0 spiro atoms. The molecule has 0 radical (unpaired) electrons. The minimum atomic E-state index is -0.236. The molecule has 27 heavy (non-hydrogen) atoms. The highest BCUT2D eigenvalue weighted by atomic mass is 19.1. The second-order valence-electron chi connectivity index (χ2n) is 7.80. The van der Waals surface area contributed by atoms with E-state index >= 15 is 0 Å². The molecule has 7 heteroatoms. The van der Waals surface area contributed by atoms with Crippen LogP contribution < -0.4 is 10.2 Å². The first-order valence-corrected chi connectivity index (χ1v) is 9.95. The number of rotatable bonds is 3. The summed E-state index contributed by atoms with van der Waals surface area (Å²) in [6, 6.07) is 6.82. The fourth-order valence-electron chi connectivity index (χ4n) is 3.95. The Kier molecular flexibility index (Phi) is 5.18. The maximum atomic E-state index is 13.1. The van der Waals surface area contributed by atoms with Gasteiger partial charge in [0.2, 0.25) is 5.91 Å². The quantitative estimate of drug-likeness (QED) is 0.881. The van der Waals surface area contributed by atoms with Gasteiger partial charge >= 0.3 is 6.03 Å². The third-order valence-electron chi connectivity index (χ3n) is 5.75. The Morgan fingerprint density at radius 3 is 2.30 bits per heavy atom. The van der Waals surface area contributed by atoms with Gasteiger partial charge in [0.25, 0.3) is 0 Å². The molecule has 146 valence electrons. The predicted octanol–water partition coefficient (Wildman–Crippen LogP) is 2.06. The van der Waals surface area contributed by atoms with Crippen LogP contribution in [0.5, 0.6) is 0 Å². The second-order valence-corrected chi connectivity index (χ2v) is 7.80. The highest BCUT2D eigenvalue weighted by Gasteiger charge is 2.34. The van der Waals surface area contributed by atoms with Crippen LogP contribution in [0.15, 0.2) is 24.3 Å². The molecule has 3 fully saturated rings. The van der Waals surface area contributed by atoms with Gasteiger partial charge in [0.1, 0.15) is 5.82 Å². The van der Waals surface area contributed by atoms with Gasteiger partial charge in [0.15, 0.2) is 0 Å². The number of carbonyl (C=O) groups excluding carboxylic acids is 2. The molecular formula is C20H27FN4O2. The molecule has 1 aliphatic carbocycles. The van der Waals surface area contributed by atoms with E-state index in [0.29, 0.717) is 25.7 Å². The summed E-state index contributed by atoms with van der Waals surface area (Å²) in [6.45, 7) is 4.09. The van der Waals surface area contributed by atoms with E-state index in [1.165, 1.54) is 12.1 Å². The molecule has 1 atom stereocenters. The van der Waals surface area contributed by atoms with Crippen molar-refractivity contribution in [1.29, 1.82) is 0 Å². The van der Waals surface area contributed by atoms with Crippen LogP contribution in [0.3, 0.4) is 0 Å². The molecule has 3 amide bonds. The zero-order chi connectivity index (χ0) is 18.8. The van der Waals surface area contributed by atoms with Crippen LogP contribution in [0.4, 0.5) is 14.9 Å². The Morgan fingerprint density at radius 1 is 0.926 bits per heavy atom. The number of amides is 3. The van der Waals surface area contributed by atoms with E-state index < -0.39 is 0 Å². The third-order valence-corrected chi connectivity index (χ3v) is 5.75. The third kappa shape index (κ3) is 4.34. The summed E-state index contributed by atoms with van der Waals surface area (Å²) in [7, 11) is 0. The number of hydrogen-bond donors (Lipinski definition) is 1. The van der Waals surface area contributed by atoms with Crippen molar-refractivity contribution in [3.63, 3.8) is 0 Å². The lowest BCUT2D eigenvalue weighted by molar-refractivity contribution is -0.137. The lowest BCUT2D eigenvalue weighted by Crippen LogP contribution is -2.54. The molecule has 1 aromatic carbocycles. The molecule has 1 N–H and O–H groups in total. The number of nitrogens with one attached hydrogen (secondary N) is 1. The SMILES string of the molecule is O=C(NC1CC1)N1CCCC(C(=O)N2CCN(c3ccc(F)cc3)CC2)C1. The number of likely N-dealkylation sites (tertiary alicyclic amines) is 1. The molecule has 0 bridgehead atoms. The van der Waals surface area contributed by atoms with Gasteiger partial charge in [-0.1, -0.05) is 0 Å². The highest BCUT2D eigenvalue weighted by Crippen LogP contribution is 2.23. The molecule has 1 aromatic rings. The smallest absolute Gasteiger partial charge is 0.317 e. The summed E-state index contributed by atoms with van der Waals surface area (Å²) in [6.07, 6.45) is 3.87. The molecule has 6 nitrogen and oxygen atoms in total. The Morgan fingerprint density at radius 2 is 1.63 bits per heavy atom. The fraction of sp³-hybridized carbons (Fsp3) is 0.600. The van der Waals surface area contributed by atoms with Crippen molar-refractivity contribution in [3.8, 4) is 0 Å². The lowest BCUT2D eigenvalue weighted by atomic mass is 9.96. The molecular weight excluding hydrogens is 347 g/mol. The number of nitrogens with zero attached hydrogens (tertiary/aromatic N) is 3. The van der Waals surface area contributed by atoms with Gasteiger partial charge in [-0.2, -0.15) is 0 Å². The molecule has 2 saturated heterocycles. The number of halogens is 1. The van der Waals surface area contributed by atoms with E-state index in [2.05, 4.69) is 10.2 Å².